The number of benzene rings is 1. The van der Waals surface area contributed by atoms with Crippen molar-refractivity contribution in [2.75, 3.05) is 19.8 Å². The van der Waals surface area contributed by atoms with Crippen molar-refractivity contribution in [3.8, 4) is 0 Å². The van der Waals surface area contributed by atoms with Gasteiger partial charge < -0.3 is 9.47 Å². The second-order valence-corrected chi connectivity index (χ2v) is 3.15. The zero-order chi connectivity index (χ0) is 10.1. The molecule has 14 heavy (non-hydrogen) atoms. The minimum Gasteiger partial charge on any atom is -0.379 e. The molecule has 78 valence electrons. The van der Waals surface area contributed by atoms with Crippen molar-refractivity contribution in [3.63, 3.8) is 0 Å². The quantitative estimate of drug-likeness (QED) is 0.621. The zero-order valence-corrected chi connectivity index (χ0v) is 8.74. The normalized spacial score (nSPS) is 10.4. The van der Waals surface area contributed by atoms with E-state index in [9.17, 15) is 0 Å². The summed E-state index contributed by atoms with van der Waals surface area (Å²) in [4.78, 5) is 0. The molecule has 0 unspecified atom stereocenters. The van der Waals surface area contributed by atoms with Crippen LogP contribution in [-0.2, 0) is 16.1 Å². The molecule has 0 N–H and O–H groups in total. The van der Waals surface area contributed by atoms with Crippen LogP contribution in [0.25, 0.3) is 0 Å². The minimum atomic E-state index is 0.675. The first kappa shape index (κ1) is 11.2. The molecule has 2 nitrogen and oxygen atoms in total. The van der Waals surface area contributed by atoms with Crippen LogP contribution in [0.2, 0.25) is 0 Å². The molecule has 0 aliphatic heterocycles. The summed E-state index contributed by atoms with van der Waals surface area (Å²) in [5.41, 5.74) is 1.21. The average Bonchev–Trinajstić information content (AvgIpc) is 2.25. The fourth-order valence-corrected chi connectivity index (χ4v) is 1.13. The van der Waals surface area contributed by atoms with Gasteiger partial charge in [-0.3, -0.25) is 0 Å². The lowest BCUT2D eigenvalue weighted by Crippen LogP contribution is -2.04. The van der Waals surface area contributed by atoms with E-state index in [1.165, 1.54) is 5.56 Å². The Morgan fingerprint density at radius 3 is 2.36 bits per heavy atom. The Morgan fingerprint density at radius 2 is 1.64 bits per heavy atom. The monoisotopic (exact) mass is 194 g/mol. The summed E-state index contributed by atoms with van der Waals surface area (Å²) in [6, 6.07) is 10.2. The largest absolute Gasteiger partial charge is 0.379 e. The maximum absolute atomic E-state index is 5.44. The molecule has 0 aromatic heterocycles. The van der Waals surface area contributed by atoms with Gasteiger partial charge in [-0.15, -0.1) is 0 Å². The first-order valence-electron chi connectivity index (χ1n) is 5.13. The van der Waals surface area contributed by atoms with Crippen molar-refractivity contribution < 1.29 is 9.47 Å². The summed E-state index contributed by atoms with van der Waals surface area (Å²) >= 11 is 0. The van der Waals surface area contributed by atoms with Gasteiger partial charge in [-0.1, -0.05) is 37.3 Å². The first-order valence-corrected chi connectivity index (χ1v) is 5.13. The van der Waals surface area contributed by atoms with E-state index in [4.69, 9.17) is 9.47 Å². The number of hydrogen-bond acceptors (Lipinski definition) is 2. The highest BCUT2D eigenvalue weighted by atomic mass is 16.5. The van der Waals surface area contributed by atoms with E-state index in [0.29, 0.717) is 19.8 Å². The third-order valence-electron chi connectivity index (χ3n) is 1.83. The van der Waals surface area contributed by atoms with Crippen LogP contribution in [0.4, 0.5) is 0 Å². The molecular weight excluding hydrogens is 176 g/mol. The maximum atomic E-state index is 5.44. The molecule has 0 spiro atoms. The summed E-state index contributed by atoms with van der Waals surface area (Å²) in [7, 11) is 0. The predicted octanol–water partition coefficient (Wildman–Crippen LogP) is 2.63. The van der Waals surface area contributed by atoms with Gasteiger partial charge in [0.15, 0.2) is 0 Å². The molecule has 0 saturated carbocycles. The zero-order valence-electron chi connectivity index (χ0n) is 8.74. The molecule has 0 radical (unpaired) electrons. The predicted molar refractivity (Wildman–Crippen MR) is 57.2 cm³/mol. The summed E-state index contributed by atoms with van der Waals surface area (Å²) in [6.07, 6.45) is 1.07. The molecule has 2 heteroatoms. The van der Waals surface area contributed by atoms with E-state index in [-0.39, 0.29) is 0 Å². The molecule has 0 fully saturated rings. The third kappa shape index (κ3) is 5.00. The van der Waals surface area contributed by atoms with E-state index in [0.717, 1.165) is 13.0 Å². The SMILES string of the molecule is CCCOCCOCc1ccccc1. The van der Waals surface area contributed by atoms with Crippen LogP contribution in [0.5, 0.6) is 0 Å². The molecule has 1 aromatic rings. The maximum Gasteiger partial charge on any atom is 0.0718 e. The molecule has 0 bridgehead atoms. The van der Waals surface area contributed by atoms with Crippen molar-refractivity contribution in [2.24, 2.45) is 0 Å². The number of ether oxygens (including phenoxy) is 2. The Morgan fingerprint density at radius 1 is 0.929 bits per heavy atom. The van der Waals surface area contributed by atoms with Gasteiger partial charge in [0.2, 0.25) is 0 Å². The minimum absolute atomic E-state index is 0.675. The lowest BCUT2D eigenvalue weighted by atomic mass is 10.2. The van der Waals surface area contributed by atoms with Crippen LogP contribution >= 0.6 is 0 Å². The van der Waals surface area contributed by atoms with Crippen LogP contribution in [-0.4, -0.2) is 19.8 Å². The van der Waals surface area contributed by atoms with Gasteiger partial charge in [0.05, 0.1) is 19.8 Å². The van der Waals surface area contributed by atoms with Crippen molar-refractivity contribution in [2.45, 2.75) is 20.0 Å². The summed E-state index contributed by atoms with van der Waals surface area (Å²) in [5, 5.41) is 0. The molecule has 0 atom stereocenters. The van der Waals surface area contributed by atoms with Crippen LogP contribution in [0.15, 0.2) is 30.3 Å². The van der Waals surface area contributed by atoms with Crippen molar-refractivity contribution in [1.29, 1.82) is 0 Å². The molecule has 0 saturated heterocycles. The van der Waals surface area contributed by atoms with Gasteiger partial charge >= 0.3 is 0 Å². The Kier molecular flexibility index (Phi) is 6.04. The summed E-state index contributed by atoms with van der Waals surface area (Å²) in [5.74, 6) is 0. The Bertz CT molecular complexity index is 221. The van der Waals surface area contributed by atoms with E-state index < -0.39 is 0 Å². The average molecular weight is 194 g/mol. The van der Waals surface area contributed by atoms with E-state index in [1.54, 1.807) is 0 Å². The smallest absolute Gasteiger partial charge is 0.0718 e. The Balaban J connectivity index is 1.99. The fraction of sp³-hybridized carbons (Fsp3) is 0.500. The van der Waals surface area contributed by atoms with Crippen LogP contribution in [0, 0.1) is 0 Å². The standard InChI is InChI=1S/C12H18O2/c1-2-8-13-9-10-14-11-12-6-4-3-5-7-12/h3-7H,2,8-11H2,1H3. The van der Waals surface area contributed by atoms with Gasteiger partial charge in [-0.2, -0.15) is 0 Å². The van der Waals surface area contributed by atoms with Crippen molar-refractivity contribution >= 4 is 0 Å². The summed E-state index contributed by atoms with van der Waals surface area (Å²) in [6.45, 7) is 4.98. The van der Waals surface area contributed by atoms with Gasteiger partial charge in [0, 0.05) is 6.61 Å². The molecule has 0 amide bonds. The van der Waals surface area contributed by atoms with Gasteiger partial charge in [-0.25, -0.2) is 0 Å². The molecule has 1 aromatic carbocycles. The van der Waals surface area contributed by atoms with Crippen LogP contribution in [0.3, 0.4) is 0 Å². The fourth-order valence-electron chi connectivity index (χ4n) is 1.13. The van der Waals surface area contributed by atoms with Gasteiger partial charge in [0.25, 0.3) is 0 Å². The lowest BCUT2D eigenvalue weighted by molar-refractivity contribution is 0.0408. The summed E-state index contributed by atoms with van der Waals surface area (Å²) < 4.78 is 10.7. The molecule has 0 aliphatic rings. The first-order chi connectivity index (χ1) is 6.93. The molecular formula is C12H18O2. The van der Waals surface area contributed by atoms with Gasteiger partial charge in [-0.05, 0) is 12.0 Å². The van der Waals surface area contributed by atoms with Gasteiger partial charge in [0.1, 0.15) is 0 Å². The molecule has 1 rings (SSSR count). The highest BCUT2D eigenvalue weighted by Crippen LogP contribution is 1.99. The van der Waals surface area contributed by atoms with E-state index in [2.05, 4.69) is 19.1 Å². The van der Waals surface area contributed by atoms with E-state index >= 15 is 0 Å². The van der Waals surface area contributed by atoms with Crippen molar-refractivity contribution in [3.05, 3.63) is 35.9 Å². The van der Waals surface area contributed by atoms with Crippen molar-refractivity contribution in [1.82, 2.24) is 0 Å². The number of rotatable bonds is 7. The number of hydrogen-bond donors (Lipinski definition) is 0. The van der Waals surface area contributed by atoms with Crippen LogP contribution in [0.1, 0.15) is 18.9 Å². The van der Waals surface area contributed by atoms with E-state index in [1.807, 2.05) is 18.2 Å². The highest BCUT2D eigenvalue weighted by molar-refractivity contribution is 5.13. The third-order valence-corrected chi connectivity index (χ3v) is 1.83. The lowest BCUT2D eigenvalue weighted by Gasteiger charge is -2.04. The second kappa shape index (κ2) is 7.54. The van der Waals surface area contributed by atoms with Crippen LogP contribution < -0.4 is 0 Å². The topological polar surface area (TPSA) is 18.5 Å². The second-order valence-electron chi connectivity index (χ2n) is 3.15. The highest BCUT2D eigenvalue weighted by Gasteiger charge is 1.91. The molecule has 0 heterocycles. The molecule has 0 aliphatic carbocycles. The Hall–Kier alpha value is -0.860. The Labute approximate surface area is 85.8 Å².